The molecule has 0 bridgehead atoms. The summed E-state index contributed by atoms with van der Waals surface area (Å²) in [6, 6.07) is 2.47. The van der Waals surface area contributed by atoms with Gasteiger partial charge < -0.3 is 4.42 Å². The lowest BCUT2D eigenvalue weighted by Crippen LogP contribution is -2.04. The Bertz CT molecular complexity index is 416. The zero-order chi connectivity index (χ0) is 10.2. The molecule has 74 valence electrons. The van der Waals surface area contributed by atoms with Crippen LogP contribution in [-0.2, 0) is 6.18 Å². The molecular weight excluding hydrogens is 197 g/mol. The monoisotopic (exact) mass is 202 g/mol. The van der Waals surface area contributed by atoms with Gasteiger partial charge >= 0.3 is 6.18 Å². The van der Waals surface area contributed by atoms with Gasteiger partial charge in [-0.2, -0.15) is 18.3 Å². The fraction of sp³-hybridized carbons (Fsp3) is 0.125. The number of hydrogen-bond donors (Lipinski definition) is 1. The maximum atomic E-state index is 12.1. The molecule has 0 fully saturated rings. The predicted octanol–water partition coefficient (Wildman–Crippen LogP) is 2.69. The highest BCUT2D eigenvalue weighted by Gasteiger charge is 2.33. The summed E-state index contributed by atoms with van der Waals surface area (Å²) in [5.74, 6) is 0. The third kappa shape index (κ3) is 1.50. The molecule has 0 aliphatic carbocycles. The van der Waals surface area contributed by atoms with E-state index in [9.17, 15) is 13.2 Å². The summed E-state index contributed by atoms with van der Waals surface area (Å²) < 4.78 is 41.2. The molecule has 2 heterocycles. The molecule has 0 unspecified atom stereocenters. The van der Waals surface area contributed by atoms with E-state index in [0.717, 1.165) is 6.07 Å². The van der Waals surface area contributed by atoms with Crippen LogP contribution in [0.2, 0.25) is 0 Å². The Morgan fingerprint density at radius 2 is 2.14 bits per heavy atom. The van der Waals surface area contributed by atoms with Crippen LogP contribution in [0.1, 0.15) is 5.69 Å². The van der Waals surface area contributed by atoms with E-state index in [-0.39, 0.29) is 5.69 Å². The van der Waals surface area contributed by atoms with E-state index >= 15 is 0 Å². The van der Waals surface area contributed by atoms with Crippen LogP contribution < -0.4 is 0 Å². The molecule has 2 aromatic rings. The predicted molar refractivity (Wildman–Crippen MR) is 41.3 cm³/mol. The molecule has 0 amide bonds. The lowest BCUT2D eigenvalue weighted by Gasteiger charge is -1.99. The molecule has 0 spiro atoms. The Hall–Kier alpha value is -1.72. The number of furan rings is 1. The van der Waals surface area contributed by atoms with Gasteiger partial charge in [0.25, 0.3) is 0 Å². The first-order chi connectivity index (χ1) is 6.57. The third-order valence-corrected chi connectivity index (χ3v) is 1.70. The van der Waals surface area contributed by atoms with Crippen molar-refractivity contribution in [3.63, 3.8) is 0 Å². The highest BCUT2D eigenvalue weighted by Crippen LogP contribution is 2.30. The van der Waals surface area contributed by atoms with E-state index in [4.69, 9.17) is 4.42 Å². The van der Waals surface area contributed by atoms with Crippen molar-refractivity contribution in [1.29, 1.82) is 0 Å². The van der Waals surface area contributed by atoms with Crippen LogP contribution in [0.4, 0.5) is 13.2 Å². The number of halogens is 3. The molecular formula is C8H5F3N2O. The highest BCUT2D eigenvalue weighted by molar-refractivity contribution is 5.57. The van der Waals surface area contributed by atoms with Crippen LogP contribution >= 0.6 is 0 Å². The Morgan fingerprint density at radius 3 is 2.64 bits per heavy atom. The highest BCUT2D eigenvalue weighted by atomic mass is 19.4. The molecule has 0 aliphatic heterocycles. The Labute approximate surface area is 76.5 Å². The van der Waals surface area contributed by atoms with Crippen molar-refractivity contribution in [3.05, 3.63) is 30.4 Å². The molecule has 0 radical (unpaired) electrons. The molecule has 14 heavy (non-hydrogen) atoms. The number of rotatable bonds is 1. The minimum atomic E-state index is -4.39. The summed E-state index contributed by atoms with van der Waals surface area (Å²) in [5, 5.41) is 5.44. The van der Waals surface area contributed by atoms with Gasteiger partial charge in [0, 0.05) is 5.56 Å². The maximum absolute atomic E-state index is 12.1. The van der Waals surface area contributed by atoms with Gasteiger partial charge in [-0.1, -0.05) is 0 Å². The van der Waals surface area contributed by atoms with Gasteiger partial charge in [-0.05, 0) is 12.1 Å². The number of nitrogens with one attached hydrogen (secondary N) is 1. The molecule has 0 aliphatic rings. The summed E-state index contributed by atoms with van der Waals surface area (Å²) in [7, 11) is 0. The second-order valence-electron chi connectivity index (χ2n) is 2.68. The van der Waals surface area contributed by atoms with Gasteiger partial charge in [-0.15, -0.1) is 0 Å². The largest absolute Gasteiger partial charge is 0.472 e. The van der Waals surface area contributed by atoms with Crippen molar-refractivity contribution in [2.24, 2.45) is 0 Å². The fourth-order valence-electron chi connectivity index (χ4n) is 1.03. The topological polar surface area (TPSA) is 41.8 Å². The lowest BCUT2D eigenvalue weighted by molar-refractivity contribution is -0.141. The van der Waals surface area contributed by atoms with Crippen LogP contribution in [-0.4, -0.2) is 10.2 Å². The SMILES string of the molecule is FC(F)(F)c1cc(-c2ccoc2)n[nH]1. The molecule has 0 saturated heterocycles. The van der Waals surface area contributed by atoms with Crippen LogP contribution in [0.3, 0.4) is 0 Å². The van der Waals surface area contributed by atoms with Crippen LogP contribution in [0.5, 0.6) is 0 Å². The molecule has 0 atom stereocenters. The van der Waals surface area contributed by atoms with Crippen molar-refractivity contribution >= 4 is 0 Å². The van der Waals surface area contributed by atoms with Crippen molar-refractivity contribution in [2.45, 2.75) is 6.18 Å². The van der Waals surface area contributed by atoms with E-state index in [0.29, 0.717) is 5.56 Å². The summed E-state index contributed by atoms with van der Waals surface area (Å²) in [6.07, 6.45) is -1.69. The Balaban J connectivity index is 2.36. The molecule has 0 saturated carbocycles. The first-order valence-electron chi connectivity index (χ1n) is 3.72. The summed E-state index contributed by atoms with van der Waals surface area (Å²) in [5.41, 5.74) is -0.142. The number of aromatic nitrogens is 2. The average Bonchev–Trinajstić information content (AvgIpc) is 2.73. The van der Waals surface area contributed by atoms with Gasteiger partial charge in [-0.25, -0.2) is 0 Å². The number of hydrogen-bond acceptors (Lipinski definition) is 2. The lowest BCUT2D eigenvalue weighted by atomic mass is 10.2. The van der Waals surface area contributed by atoms with Crippen molar-refractivity contribution < 1.29 is 17.6 Å². The first kappa shape index (κ1) is 8.86. The molecule has 2 rings (SSSR count). The standard InChI is InChI=1S/C8H5F3N2O/c9-8(10,11)7-3-6(12-13-7)5-1-2-14-4-5/h1-4H,(H,12,13). The van der Waals surface area contributed by atoms with E-state index in [1.165, 1.54) is 18.6 Å². The number of alkyl halides is 3. The zero-order valence-corrected chi connectivity index (χ0v) is 6.80. The van der Waals surface area contributed by atoms with Crippen molar-refractivity contribution in [1.82, 2.24) is 10.2 Å². The fourth-order valence-corrected chi connectivity index (χ4v) is 1.03. The summed E-state index contributed by atoms with van der Waals surface area (Å²) in [6.45, 7) is 0. The van der Waals surface area contributed by atoms with Gasteiger partial charge in [0.15, 0.2) is 0 Å². The molecule has 1 N–H and O–H groups in total. The van der Waals surface area contributed by atoms with Gasteiger partial charge in [0.2, 0.25) is 0 Å². The molecule has 2 aromatic heterocycles. The van der Waals surface area contributed by atoms with Gasteiger partial charge in [0.05, 0.1) is 18.2 Å². The van der Waals surface area contributed by atoms with Crippen LogP contribution in [0.15, 0.2) is 29.1 Å². The normalized spacial score (nSPS) is 11.9. The molecule has 3 nitrogen and oxygen atoms in total. The molecule has 6 heteroatoms. The van der Waals surface area contributed by atoms with E-state index in [1.807, 2.05) is 5.10 Å². The maximum Gasteiger partial charge on any atom is 0.432 e. The van der Waals surface area contributed by atoms with E-state index in [1.54, 1.807) is 0 Å². The zero-order valence-electron chi connectivity index (χ0n) is 6.80. The Kier molecular flexibility index (Phi) is 1.83. The summed E-state index contributed by atoms with van der Waals surface area (Å²) >= 11 is 0. The minimum Gasteiger partial charge on any atom is -0.472 e. The van der Waals surface area contributed by atoms with Crippen molar-refractivity contribution in [3.8, 4) is 11.3 Å². The average molecular weight is 202 g/mol. The quantitative estimate of drug-likeness (QED) is 0.772. The Morgan fingerprint density at radius 1 is 1.36 bits per heavy atom. The van der Waals surface area contributed by atoms with Crippen LogP contribution in [0.25, 0.3) is 11.3 Å². The van der Waals surface area contributed by atoms with E-state index < -0.39 is 11.9 Å². The first-order valence-corrected chi connectivity index (χ1v) is 3.72. The number of nitrogens with zero attached hydrogens (tertiary/aromatic N) is 1. The second kappa shape index (κ2) is 2.90. The number of aromatic amines is 1. The smallest absolute Gasteiger partial charge is 0.432 e. The third-order valence-electron chi connectivity index (χ3n) is 1.70. The molecule has 0 aromatic carbocycles. The van der Waals surface area contributed by atoms with Crippen LogP contribution in [0, 0.1) is 0 Å². The van der Waals surface area contributed by atoms with Crippen molar-refractivity contribution in [2.75, 3.05) is 0 Å². The number of H-pyrrole nitrogens is 1. The van der Waals surface area contributed by atoms with Gasteiger partial charge in [0.1, 0.15) is 5.69 Å². The summed E-state index contributed by atoms with van der Waals surface area (Å²) in [4.78, 5) is 0. The minimum absolute atomic E-state index is 0.214. The van der Waals surface area contributed by atoms with E-state index in [2.05, 4.69) is 5.10 Å². The van der Waals surface area contributed by atoms with Gasteiger partial charge in [-0.3, -0.25) is 5.10 Å². The second-order valence-corrected chi connectivity index (χ2v) is 2.68.